The summed E-state index contributed by atoms with van der Waals surface area (Å²) in [6.07, 6.45) is 12.3. The van der Waals surface area contributed by atoms with E-state index < -0.39 is 0 Å². The van der Waals surface area contributed by atoms with Gasteiger partial charge in [0.15, 0.2) is 0 Å². The third-order valence-corrected chi connectivity index (χ3v) is 4.67. The molecule has 2 unspecified atom stereocenters. The van der Waals surface area contributed by atoms with Gasteiger partial charge in [0.05, 0.1) is 11.8 Å². The van der Waals surface area contributed by atoms with Gasteiger partial charge < -0.3 is 10.6 Å². The number of nitrogens with one attached hydrogen (secondary N) is 2. The van der Waals surface area contributed by atoms with Gasteiger partial charge in [-0.25, -0.2) is 0 Å². The fourth-order valence-electron chi connectivity index (χ4n) is 3.10. The van der Waals surface area contributed by atoms with Crippen molar-refractivity contribution in [3.05, 3.63) is 11.6 Å². The van der Waals surface area contributed by atoms with Crippen molar-refractivity contribution in [1.29, 1.82) is 0 Å². The van der Waals surface area contributed by atoms with Crippen LogP contribution in [0.2, 0.25) is 0 Å². The molecule has 22 heavy (non-hydrogen) atoms. The van der Waals surface area contributed by atoms with Crippen molar-refractivity contribution >= 4 is 11.8 Å². The predicted molar refractivity (Wildman–Crippen MR) is 88.3 cm³/mol. The molecule has 0 aromatic heterocycles. The van der Waals surface area contributed by atoms with Crippen LogP contribution in [-0.4, -0.2) is 24.9 Å². The summed E-state index contributed by atoms with van der Waals surface area (Å²) in [5.41, 5.74) is 1.48. The summed E-state index contributed by atoms with van der Waals surface area (Å²) in [6, 6.07) is 0. The molecule has 1 fully saturated rings. The number of rotatable bonds is 9. The van der Waals surface area contributed by atoms with Crippen LogP contribution in [0.5, 0.6) is 0 Å². The molecule has 4 nitrogen and oxygen atoms in total. The Balaban J connectivity index is 1.57. The van der Waals surface area contributed by atoms with Gasteiger partial charge in [0, 0.05) is 13.1 Å². The van der Waals surface area contributed by atoms with Gasteiger partial charge in [-0.1, -0.05) is 31.4 Å². The number of hydrogen-bond acceptors (Lipinski definition) is 2. The van der Waals surface area contributed by atoms with E-state index in [1.54, 1.807) is 0 Å². The summed E-state index contributed by atoms with van der Waals surface area (Å²) in [6.45, 7) is 3.60. The summed E-state index contributed by atoms with van der Waals surface area (Å²) in [7, 11) is 0. The van der Waals surface area contributed by atoms with Crippen molar-refractivity contribution < 1.29 is 9.59 Å². The summed E-state index contributed by atoms with van der Waals surface area (Å²) < 4.78 is 0. The lowest BCUT2D eigenvalue weighted by atomic mass is 9.97. The Morgan fingerprint density at radius 3 is 2.45 bits per heavy atom. The molecule has 2 rings (SSSR count). The summed E-state index contributed by atoms with van der Waals surface area (Å²) >= 11 is 0. The van der Waals surface area contributed by atoms with Crippen LogP contribution in [0.4, 0.5) is 0 Å². The third kappa shape index (κ3) is 5.47. The maximum absolute atomic E-state index is 12.0. The van der Waals surface area contributed by atoms with Crippen LogP contribution in [0.1, 0.15) is 64.7 Å². The largest absolute Gasteiger partial charge is 0.356 e. The molecule has 2 aliphatic carbocycles. The molecule has 0 aliphatic heterocycles. The number of hydrogen-bond donors (Lipinski definition) is 2. The van der Waals surface area contributed by atoms with E-state index in [1.807, 2.05) is 0 Å². The molecule has 0 radical (unpaired) electrons. The highest BCUT2D eigenvalue weighted by Gasteiger charge is 2.47. The lowest BCUT2D eigenvalue weighted by Crippen LogP contribution is -2.31. The Labute approximate surface area is 134 Å². The van der Waals surface area contributed by atoms with E-state index in [1.165, 1.54) is 31.3 Å². The Morgan fingerprint density at radius 2 is 1.82 bits per heavy atom. The van der Waals surface area contributed by atoms with Crippen LogP contribution in [0.3, 0.4) is 0 Å². The first-order chi connectivity index (χ1) is 10.7. The second-order valence-corrected chi connectivity index (χ2v) is 6.60. The van der Waals surface area contributed by atoms with Gasteiger partial charge in [-0.05, 0) is 44.9 Å². The molecule has 1 saturated carbocycles. The number of allylic oxidation sites excluding steroid dienone is 1. The van der Waals surface area contributed by atoms with Gasteiger partial charge in [0.1, 0.15) is 0 Å². The highest BCUT2D eigenvalue weighted by atomic mass is 16.2. The molecule has 2 N–H and O–H groups in total. The van der Waals surface area contributed by atoms with E-state index in [0.717, 1.165) is 32.2 Å². The molecular formula is C18H30N2O2. The van der Waals surface area contributed by atoms with Gasteiger partial charge in [-0.15, -0.1) is 0 Å². The van der Waals surface area contributed by atoms with Crippen molar-refractivity contribution in [3.8, 4) is 0 Å². The topological polar surface area (TPSA) is 58.2 Å². The van der Waals surface area contributed by atoms with E-state index in [9.17, 15) is 9.59 Å². The molecule has 4 heteroatoms. The minimum Gasteiger partial charge on any atom is -0.356 e. The molecule has 0 spiro atoms. The molecule has 124 valence electrons. The van der Waals surface area contributed by atoms with E-state index >= 15 is 0 Å². The first-order valence-corrected chi connectivity index (χ1v) is 8.95. The lowest BCUT2D eigenvalue weighted by molar-refractivity contribution is -0.127. The first kappa shape index (κ1) is 17.0. The average molecular weight is 306 g/mol. The van der Waals surface area contributed by atoms with Gasteiger partial charge in [-0.3, -0.25) is 9.59 Å². The van der Waals surface area contributed by atoms with Crippen LogP contribution in [0.15, 0.2) is 11.6 Å². The highest BCUT2D eigenvalue weighted by molar-refractivity contribution is 5.92. The summed E-state index contributed by atoms with van der Waals surface area (Å²) in [4.78, 5) is 23.9. The Morgan fingerprint density at radius 1 is 1.09 bits per heavy atom. The smallest absolute Gasteiger partial charge is 0.223 e. The Kier molecular flexibility index (Phi) is 6.94. The standard InChI is InChI=1S/C18H30N2O2/c1-2-3-7-11-19-17(21)15-13-16(15)18(22)20-12-10-14-8-5-4-6-9-14/h8,15-16H,2-7,9-13H2,1H3,(H,19,21)(H,20,22). The van der Waals surface area contributed by atoms with Crippen molar-refractivity contribution in [2.45, 2.75) is 64.7 Å². The van der Waals surface area contributed by atoms with Crippen molar-refractivity contribution in [2.24, 2.45) is 11.8 Å². The molecule has 0 saturated heterocycles. The number of amides is 2. The minimum atomic E-state index is -0.0912. The average Bonchev–Trinajstić information content (AvgIpc) is 3.33. The van der Waals surface area contributed by atoms with Crippen LogP contribution in [0, 0.1) is 11.8 Å². The molecule has 2 aliphatic rings. The zero-order valence-electron chi connectivity index (χ0n) is 13.8. The lowest BCUT2D eigenvalue weighted by Gasteiger charge is -2.12. The summed E-state index contributed by atoms with van der Waals surface area (Å²) in [5, 5.41) is 5.94. The van der Waals surface area contributed by atoms with E-state index in [4.69, 9.17) is 0 Å². The molecule has 2 atom stereocenters. The van der Waals surface area contributed by atoms with Crippen LogP contribution in [-0.2, 0) is 9.59 Å². The monoisotopic (exact) mass is 306 g/mol. The van der Waals surface area contributed by atoms with E-state index in [-0.39, 0.29) is 23.7 Å². The second-order valence-electron chi connectivity index (χ2n) is 6.60. The molecule has 0 aromatic rings. The van der Waals surface area contributed by atoms with E-state index in [2.05, 4.69) is 23.6 Å². The quantitative estimate of drug-likeness (QED) is 0.508. The van der Waals surface area contributed by atoms with Crippen LogP contribution in [0.25, 0.3) is 0 Å². The predicted octanol–water partition coefficient (Wildman–Crippen LogP) is 2.94. The van der Waals surface area contributed by atoms with Gasteiger partial charge >= 0.3 is 0 Å². The van der Waals surface area contributed by atoms with Crippen molar-refractivity contribution in [2.75, 3.05) is 13.1 Å². The normalized spacial score (nSPS) is 23.6. The van der Waals surface area contributed by atoms with Gasteiger partial charge in [0.25, 0.3) is 0 Å². The third-order valence-electron chi connectivity index (χ3n) is 4.67. The molecule has 0 bridgehead atoms. The molecule has 0 heterocycles. The Bertz CT molecular complexity index is 417. The molecule has 0 aromatic carbocycles. The zero-order valence-corrected chi connectivity index (χ0v) is 13.8. The first-order valence-electron chi connectivity index (χ1n) is 8.95. The molecule has 2 amide bonds. The van der Waals surface area contributed by atoms with Crippen LogP contribution < -0.4 is 10.6 Å². The zero-order chi connectivity index (χ0) is 15.8. The summed E-state index contributed by atoms with van der Waals surface area (Å²) in [5.74, 6) is -0.0570. The van der Waals surface area contributed by atoms with E-state index in [0.29, 0.717) is 13.0 Å². The second kappa shape index (κ2) is 8.96. The van der Waals surface area contributed by atoms with Crippen molar-refractivity contribution in [1.82, 2.24) is 10.6 Å². The number of carbonyl (C=O) groups is 2. The maximum atomic E-state index is 12.0. The SMILES string of the molecule is CCCCCNC(=O)C1CC1C(=O)NCCC1=CCCCC1. The van der Waals surface area contributed by atoms with Gasteiger partial charge in [0.2, 0.25) is 11.8 Å². The fraction of sp³-hybridized carbons (Fsp3) is 0.778. The van der Waals surface area contributed by atoms with Crippen molar-refractivity contribution in [3.63, 3.8) is 0 Å². The highest BCUT2D eigenvalue weighted by Crippen LogP contribution is 2.38. The van der Waals surface area contributed by atoms with Gasteiger partial charge in [-0.2, -0.15) is 0 Å². The number of carbonyl (C=O) groups excluding carboxylic acids is 2. The molecular weight excluding hydrogens is 276 g/mol. The minimum absolute atomic E-state index is 0.0603. The van der Waals surface area contributed by atoms with Crippen LogP contribution >= 0.6 is 0 Å². The maximum Gasteiger partial charge on any atom is 0.223 e. The Hall–Kier alpha value is -1.32. The number of unbranched alkanes of at least 4 members (excludes halogenated alkanes) is 2. The fourth-order valence-corrected chi connectivity index (χ4v) is 3.10.